The predicted molar refractivity (Wildman–Crippen MR) is 273 cm³/mol. The normalized spacial score (nSPS) is 22.3. The predicted octanol–water partition coefficient (Wildman–Crippen LogP) is 9.17. The van der Waals surface area contributed by atoms with E-state index in [0.717, 1.165) is 29.7 Å². The highest BCUT2D eigenvalue weighted by Gasteiger charge is 2.76. The Labute approximate surface area is 428 Å². The number of hydrogen-bond donors (Lipinski definition) is 1. The molecule has 15 nitrogen and oxygen atoms in total. The maximum atomic E-state index is 16.8. The number of ether oxygens (including phenoxy) is 4. The number of aliphatic hydroxyl groups excluding tert-OH is 1. The molecule has 15 heteroatoms. The fraction of sp³-hybridized carbons (Fsp3) is 0.288. The van der Waals surface area contributed by atoms with Crippen LogP contribution in [0.3, 0.4) is 0 Å². The van der Waals surface area contributed by atoms with Crippen LogP contribution >= 0.6 is 0 Å². The van der Waals surface area contributed by atoms with Gasteiger partial charge >= 0.3 is 12.1 Å². The highest BCUT2D eigenvalue weighted by molar-refractivity contribution is 6.23. The molecule has 6 atom stereocenters. The molecular weight excluding hydrogens is 941 g/mol. The number of likely N-dealkylation sites (tertiary alicyclic amines) is 1. The Bertz CT molecular complexity index is 3120. The first kappa shape index (κ1) is 49.3. The quantitative estimate of drug-likeness (QED) is 0.0564. The van der Waals surface area contributed by atoms with E-state index in [0.29, 0.717) is 65.2 Å². The van der Waals surface area contributed by atoms with Crippen molar-refractivity contribution in [1.82, 2.24) is 9.80 Å². The second-order valence-electron chi connectivity index (χ2n) is 18.8. The third-order valence-electron chi connectivity index (χ3n) is 14.6. The van der Waals surface area contributed by atoms with Gasteiger partial charge in [-0.25, -0.2) is 9.69 Å². The van der Waals surface area contributed by atoms with E-state index in [1.807, 2.05) is 83.8 Å². The zero-order valence-corrected chi connectivity index (χ0v) is 40.7. The number of aliphatic hydroxyl groups is 1. The van der Waals surface area contributed by atoms with Crippen LogP contribution < -0.4 is 14.4 Å². The molecule has 0 aromatic heterocycles. The molecule has 0 aliphatic carbocycles. The Morgan fingerprint density at radius 3 is 2.07 bits per heavy atom. The third kappa shape index (κ3) is 9.23. The van der Waals surface area contributed by atoms with Gasteiger partial charge < -0.3 is 29.0 Å². The molecule has 10 rings (SSSR count). The van der Waals surface area contributed by atoms with Crippen LogP contribution in [0.5, 0.6) is 11.5 Å². The fourth-order valence-corrected chi connectivity index (χ4v) is 11.3. The average molecular weight is 995 g/mol. The first-order valence-corrected chi connectivity index (χ1v) is 24.9. The van der Waals surface area contributed by atoms with Crippen molar-refractivity contribution in [2.75, 3.05) is 38.3 Å². The molecule has 74 heavy (non-hydrogen) atoms. The minimum Gasteiger partial charge on any atom is -0.497 e. The molecule has 0 bridgehead atoms. The number of methoxy groups -OCH3 is 1. The molecule has 0 saturated carbocycles. The summed E-state index contributed by atoms with van der Waals surface area (Å²) in [5, 5.41) is 21.4. The molecule has 4 aliphatic rings. The number of imide groups is 1. The van der Waals surface area contributed by atoms with Crippen molar-refractivity contribution in [3.05, 3.63) is 201 Å². The van der Waals surface area contributed by atoms with Gasteiger partial charge in [-0.15, -0.1) is 0 Å². The molecule has 6 unspecified atom stereocenters. The standard InChI is InChI=1S/C59H54N4O11/c1-71-46-29-24-39(25-30-46)20-21-40-26-31-49-48(36-40)59(57(67)61(49)58(68)73-38-41-22-27-45(28-23-41)63(69)70)50(55(65)60-32-11-3-2-4-12-33-60)52-56(66)74-53(43-16-9-6-10-17-43)51(42-14-7-5-8-15-42)62(52)54(59)44-18-13-19-47(37-44)72-35-34-64/h5-10,13-19,22-31,36-37,50-54,64H,2-4,11-12,32-35,38H2,1H3. The fourth-order valence-electron chi connectivity index (χ4n) is 11.3. The summed E-state index contributed by atoms with van der Waals surface area (Å²) >= 11 is 0. The van der Waals surface area contributed by atoms with Crippen molar-refractivity contribution in [1.29, 1.82) is 0 Å². The van der Waals surface area contributed by atoms with Gasteiger partial charge in [0.1, 0.15) is 42.3 Å². The summed E-state index contributed by atoms with van der Waals surface area (Å²) in [6.07, 6.45) is 2.20. The van der Waals surface area contributed by atoms with Crippen molar-refractivity contribution in [3.8, 4) is 23.3 Å². The van der Waals surface area contributed by atoms with Crippen LogP contribution in [0.1, 0.15) is 89.2 Å². The maximum absolute atomic E-state index is 16.8. The average Bonchev–Trinajstić information content (AvgIpc) is 3.95. The van der Waals surface area contributed by atoms with Gasteiger partial charge in [0, 0.05) is 36.3 Å². The molecule has 4 aliphatic heterocycles. The third-order valence-corrected chi connectivity index (χ3v) is 14.6. The van der Waals surface area contributed by atoms with Gasteiger partial charge in [0.2, 0.25) is 11.8 Å². The number of rotatable bonds is 11. The van der Waals surface area contributed by atoms with Crippen molar-refractivity contribution >= 4 is 35.3 Å². The van der Waals surface area contributed by atoms with Crippen molar-refractivity contribution in [2.24, 2.45) is 5.92 Å². The molecule has 1 spiro atoms. The van der Waals surface area contributed by atoms with Crippen LogP contribution in [-0.4, -0.2) is 83.2 Å². The van der Waals surface area contributed by atoms with E-state index in [1.165, 1.54) is 24.3 Å². The molecular formula is C59H54N4O11. The SMILES string of the molecule is COc1ccc(C#Cc2ccc3c(c2)C2(C(=O)N3C(=O)OCc3ccc([N+](=O)[O-])cc3)C(C(=O)N3CCCCCCC3)C3C(=O)OC(c4ccccc4)C(c4ccccc4)N3C2c2cccc(OCCO)c2)cc1. The lowest BCUT2D eigenvalue weighted by Crippen LogP contribution is -2.56. The number of nitro groups is 1. The number of fused-ring (bicyclic) bond motifs is 3. The summed E-state index contributed by atoms with van der Waals surface area (Å²) in [7, 11) is 1.58. The van der Waals surface area contributed by atoms with E-state index < -0.39 is 64.4 Å². The molecule has 3 amide bonds. The first-order chi connectivity index (χ1) is 36.1. The number of non-ortho nitro benzene ring substituents is 1. The Kier molecular flexibility index (Phi) is 14.3. The van der Waals surface area contributed by atoms with E-state index in [9.17, 15) is 15.2 Å². The van der Waals surface area contributed by atoms with Gasteiger partial charge in [-0.1, -0.05) is 104 Å². The van der Waals surface area contributed by atoms with E-state index in [-0.39, 0.29) is 36.8 Å². The van der Waals surface area contributed by atoms with Crippen molar-refractivity contribution in [2.45, 2.75) is 68.4 Å². The van der Waals surface area contributed by atoms with E-state index in [2.05, 4.69) is 11.8 Å². The summed E-state index contributed by atoms with van der Waals surface area (Å²) in [6, 6.07) is 40.4. The maximum Gasteiger partial charge on any atom is 0.421 e. The zero-order chi connectivity index (χ0) is 51.3. The monoisotopic (exact) mass is 994 g/mol. The minimum atomic E-state index is -2.07. The van der Waals surface area contributed by atoms with Crippen LogP contribution in [0.25, 0.3) is 0 Å². The van der Waals surface area contributed by atoms with Gasteiger partial charge in [-0.05, 0) is 107 Å². The Balaban J connectivity index is 1.24. The smallest absolute Gasteiger partial charge is 0.421 e. The topological polar surface area (TPSA) is 178 Å². The Hall–Kier alpha value is -8.32. The number of hydrogen-bond acceptors (Lipinski definition) is 12. The molecule has 4 heterocycles. The lowest BCUT2D eigenvalue weighted by atomic mass is 9.64. The molecule has 0 radical (unpaired) electrons. The summed E-state index contributed by atoms with van der Waals surface area (Å²) < 4.78 is 24.1. The first-order valence-electron chi connectivity index (χ1n) is 24.9. The van der Waals surface area contributed by atoms with Crippen LogP contribution in [-0.2, 0) is 35.9 Å². The largest absolute Gasteiger partial charge is 0.497 e. The number of nitrogens with zero attached hydrogens (tertiary/aromatic N) is 4. The number of nitro benzene ring substituents is 1. The second-order valence-corrected chi connectivity index (χ2v) is 18.8. The molecule has 3 fully saturated rings. The summed E-state index contributed by atoms with van der Waals surface area (Å²) in [5.74, 6) is 4.06. The number of anilines is 1. The number of morpholine rings is 1. The number of carbonyl (C=O) groups excluding carboxylic acids is 4. The van der Waals surface area contributed by atoms with Crippen LogP contribution in [0.2, 0.25) is 0 Å². The highest BCUT2D eigenvalue weighted by Crippen LogP contribution is 2.66. The zero-order valence-electron chi connectivity index (χ0n) is 40.7. The summed E-state index contributed by atoms with van der Waals surface area (Å²) in [6.45, 7) is 0.0954. The molecule has 1 N–H and O–H groups in total. The minimum absolute atomic E-state index is 0.0386. The van der Waals surface area contributed by atoms with Crippen molar-refractivity contribution in [3.63, 3.8) is 0 Å². The van der Waals surface area contributed by atoms with Crippen LogP contribution in [0, 0.1) is 27.9 Å². The van der Waals surface area contributed by atoms with Gasteiger partial charge in [0.15, 0.2) is 0 Å². The van der Waals surface area contributed by atoms with Crippen LogP contribution in [0.15, 0.2) is 152 Å². The molecule has 6 aromatic rings. The van der Waals surface area contributed by atoms with Gasteiger partial charge in [-0.3, -0.25) is 29.4 Å². The number of benzene rings is 6. The highest BCUT2D eigenvalue weighted by atomic mass is 16.6. The number of amides is 3. The number of carbonyl (C=O) groups is 4. The molecule has 376 valence electrons. The van der Waals surface area contributed by atoms with Gasteiger partial charge in [0.05, 0.1) is 42.3 Å². The lowest BCUT2D eigenvalue weighted by Gasteiger charge is -2.46. The molecule has 3 saturated heterocycles. The van der Waals surface area contributed by atoms with Crippen LogP contribution in [0.4, 0.5) is 16.2 Å². The van der Waals surface area contributed by atoms with E-state index in [1.54, 1.807) is 60.5 Å². The van der Waals surface area contributed by atoms with Gasteiger partial charge in [-0.2, -0.15) is 0 Å². The second kappa shape index (κ2) is 21.4. The Morgan fingerprint density at radius 1 is 0.743 bits per heavy atom. The molecule has 6 aromatic carbocycles. The van der Waals surface area contributed by atoms with Crippen molar-refractivity contribution < 1.29 is 48.2 Å². The number of esters is 1. The number of cyclic esters (lactones) is 1. The van der Waals surface area contributed by atoms with E-state index >= 15 is 19.2 Å². The summed E-state index contributed by atoms with van der Waals surface area (Å²) in [5.41, 5.74) is 1.67. The Morgan fingerprint density at radius 2 is 1.39 bits per heavy atom. The van der Waals surface area contributed by atoms with E-state index in [4.69, 9.17) is 18.9 Å². The van der Waals surface area contributed by atoms with Gasteiger partial charge in [0.25, 0.3) is 5.69 Å². The summed E-state index contributed by atoms with van der Waals surface area (Å²) in [4.78, 5) is 79.5. The lowest BCUT2D eigenvalue weighted by molar-refractivity contribution is -0.384.